The Morgan fingerprint density at radius 3 is 1.47 bits per heavy atom. The van der Waals surface area contributed by atoms with E-state index >= 15 is 0 Å². The maximum absolute atomic E-state index is 12.3. The van der Waals surface area contributed by atoms with E-state index in [1.54, 1.807) is 0 Å². The van der Waals surface area contributed by atoms with Crippen LogP contribution < -0.4 is 0 Å². The van der Waals surface area contributed by atoms with Crippen LogP contribution in [0.4, 0.5) is 0 Å². The first-order valence-electron chi connectivity index (χ1n) is 5.26. The van der Waals surface area contributed by atoms with Crippen LogP contribution in [0.3, 0.4) is 0 Å². The summed E-state index contributed by atoms with van der Waals surface area (Å²) in [7, 11) is -4.11. The summed E-state index contributed by atoms with van der Waals surface area (Å²) in [6, 6.07) is 0. The third-order valence-corrected chi connectivity index (χ3v) is 5.02. The molecule has 100 valence electrons. The van der Waals surface area contributed by atoms with Crippen molar-refractivity contribution in [2.75, 3.05) is 0 Å². The molecule has 2 rings (SSSR count). The molecular formula is C12H8Cl2O4S. The lowest BCUT2D eigenvalue weighted by atomic mass is 10.1. The van der Waals surface area contributed by atoms with Crippen LogP contribution in [0.1, 0.15) is 12.8 Å². The number of carbonyl (C=O) groups excluding carboxylic acids is 2. The Bertz CT molecular complexity index is 639. The molecule has 19 heavy (non-hydrogen) atoms. The molecule has 0 spiro atoms. The standard InChI is InChI=1S/C12H8Cl2O4S/c13-7-1-3-11(9(15)5-7)19(17,18)12-4-2-8(14)6-10(12)16/h1-4H,5-6H2. The van der Waals surface area contributed by atoms with Gasteiger partial charge in [-0.15, -0.1) is 0 Å². The van der Waals surface area contributed by atoms with Crippen molar-refractivity contribution in [3.63, 3.8) is 0 Å². The van der Waals surface area contributed by atoms with E-state index in [0.29, 0.717) is 0 Å². The van der Waals surface area contributed by atoms with Crippen LogP contribution in [0.2, 0.25) is 0 Å². The second kappa shape index (κ2) is 5.07. The van der Waals surface area contributed by atoms with Crippen LogP contribution in [-0.2, 0) is 19.4 Å². The molecule has 0 saturated carbocycles. The fourth-order valence-electron chi connectivity index (χ4n) is 1.71. The summed E-state index contributed by atoms with van der Waals surface area (Å²) in [6.45, 7) is 0. The maximum atomic E-state index is 12.3. The summed E-state index contributed by atoms with van der Waals surface area (Å²) < 4.78 is 24.5. The van der Waals surface area contributed by atoms with Crippen LogP contribution >= 0.6 is 23.2 Å². The SMILES string of the molecule is O=C1CC(Cl)=CC=C1S(=O)(=O)C1=CC=C(Cl)CC1=O. The van der Waals surface area contributed by atoms with Crippen LogP contribution in [0.5, 0.6) is 0 Å². The first kappa shape index (κ1) is 14.2. The minimum absolute atomic E-state index is 0.176. The van der Waals surface area contributed by atoms with Crippen molar-refractivity contribution in [1.29, 1.82) is 0 Å². The molecule has 0 unspecified atom stereocenters. The molecule has 0 N–H and O–H groups in total. The highest BCUT2D eigenvalue weighted by molar-refractivity contribution is 8.00. The molecule has 2 aliphatic rings. The average Bonchev–Trinajstić information content (AvgIpc) is 2.27. The lowest BCUT2D eigenvalue weighted by Gasteiger charge is -2.14. The van der Waals surface area contributed by atoms with Crippen molar-refractivity contribution in [3.8, 4) is 0 Å². The van der Waals surface area contributed by atoms with E-state index in [0.717, 1.165) is 12.2 Å². The van der Waals surface area contributed by atoms with E-state index in [4.69, 9.17) is 23.2 Å². The normalized spacial score (nSPS) is 20.5. The Balaban J connectivity index is 2.50. The predicted molar refractivity (Wildman–Crippen MR) is 72.2 cm³/mol. The van der Waals surface area contributed by atoms with Crippen molar-refractivity contribution in [1.82, 2.24) is 0 Å². The number of carbonyl (C=O) groups is 2. The molecule has 0 aliphatic heterocycles. The number of allylic oxidation sites excluding steroid dienone is 8. The Hall–Kier alpha value is -1.17. The molecule has 0 aromatic heterocycles. The molecule has 7 heteroatoms. The van der Waals surface area contributed by atoms with E-state index < -0.39 is 31.2 Å². The second-order valence-electron chi connectivity index (χ2n) is 3.99. The molecule has 4 nitrogen and oxygen atoms in total. The zero-order valence-corrected chi connectivity index (χ0v) is 11.8. The molecule has 0 aromatic carbocycles. The molecule has 0 saturated heterocycles. The fourth-order valence-corrected chi connectivity index (χ4v) is 3.56. The number of hydrogen-bond donors (Lipinski definition) is 0. The summed E-state index contributed by atoms with van der Waals surface area (Å²) in [5.41, 5.74) is 0. The van der Waals surface area contributed by atoms with Gasteiger partial charge in [0.05, 0.1) is 0 Å². The predicted octanol–water partition coefficient (Wildman–Crippen LogP) is 2.36. The molecule has 2 aliphatic carbocycles. The van der Waals surface area contributed by atoms with Gasteiger partial charge in [0, 0.05) is 22.9 Å². The van der Waals surface area contributed by atoms with Crippen molar-refractivity contribution >= 4 is 44.6 Å². The molecule has 0 heterocycles. The molecule has 0 fully saturated rings. The summed E-state index contributed by atoms with van der Waals surface area (Å²) >= 11 is 11.3. The number of rotatable bonds is 2. The van der Waals surface area contributed by atoms with Gasteiger partial charge in [-0.05, 0) is 24.3 Å². The van der Waals surface area contributed by atoms with Crippen molar-refractivity contribution in [2.45, 2.75) is 12.8 Å². The Morgan fingerprint density at radius 1 is 0.789 bits per heavy atom. The topological polar surface area (TPSA) is 68.3 Å². The van der Waals surface area contributed by atoms with Crippen LogP contribution in [-0.4, -0.2) is 20.0 Å². The number of hydrogen-bond acceptors (Lipinski definition) is 4. The summed E-state index contributed by atoms with van der Waals surface area (Å²) in [6.07, 6.45) is 4.57. The summed E-state index contributed by atoms with van der Waals surface area (Å²) in [5, 5.41) is 0.520. The minimum atomic E-state index is -4.11. The smallest absolute Gasteiger partial charge is 0.213 e. The molecule has 0 aromatic rings. The van der Waals surface area contributed by atoms with Gasteiger partial charge in [0.2, 0.25) is 9.84 Å². The van der Waals surface area contributed by atoms with Crippen LogP contribution in [0.15, 0.2) is 44.2 Å². The lowest BCUT2D eigenvalue weighted by Crippen LogP contribution is -2.22. The largest absolute Gasteiger partial charge is 0.293 e. The Morgan fingerprint density at radius 2 is 1.16 bits per heavy atom. The third-order valence-electron chi connectivity index (χ3n) is 2.62. The highest BCUT2D eigenvalue weighted by Gasteiger charge is 2.34. The first-order chi connectivity index (χ1) is 8.82. The summed E-state index contributed by atoms with van der Waals surface area (Å²) in [4.78, 5) is 22.6. The third kappa shape index (κ3) is 2.73. The van der Waals surface area contributed by atoms with Gasteiger partial charge in [-0.3, -0.25) is 9.59 Å². The van der Waals surface area contributed by atoms with Crippen molar-refractivity contribution < 1.29 is 18.0 Å². The van der Waals surface area contributed by atoms with Gasteiger partial charge >= 0.3 is 0 Å². The highest BCUT2D eigenvalue weighted by atomic mass is 35.5. The zero-order chi connectivity index (χ0) is 14.2. The van der Waals surface area contributed by atoms with Gasteiger partial charge in [0.25, 0.3) is 0 Å². The van der Waals surface area contributed by atoms with Crippen molar-refractivity contribution in [2.24, 2.45) is 0 Å². The highest BCUT2D eigenvalue weighted by Crippen LogP contribution is 2.30. The first-order valence-corrected chi connectivity index (χ1v) is 7.50. The minimum Gasteiger partial charge on any atom is -0.293 e. The Kier molecular flexibility index (Phi) is 3.80. The Labute approximate surface area is 120 Å². The molecular weight excluding hydrogens is 311 g/mol. The summed E-state index contributed by atoms with van der Waals surface area (Å²) in [5.74, 6) is -1.25. The van der Waals surface area contributed by atoms with E-state index in [1.807, 2.05) is 0 Å². The number of halogens is 2. The molecule has 0 bridgehead atoms. The fraction of sp³-hybridized carbons (Fsp3) is 0.167. The van der Waals surface area contributed by atoms with E-state index in [9.17, 15) is 18.0 Å². The van der Waals surface area contributed by atoms with E-state index in [2.05, 4.69) is 0 Å². The number of Topliss-reactive ketones (excluding diaryl/α,β-unsaturated/α-hetero) is 2. The van der Waals surface area contributed by atoms with Gasteiger partial charge in [-0.25, -0.2) is 8.42 Å². The quantitative estimate of drug-likeness (QED) is 0.783. The van der Waals surface area contributed by atoms with E-state index in [1.165, 1.54) is 12.2 Å². The lowest BCUT2D eigenvalue weighted by molar-refractivity contribution is -0.114. The zero-order valence-electron chi connectivity index (χ0n) is 9.52. The van der Waals surface area contributed by atoms with Crippen LogP contribution in [0, 0.1) is 0 Å². The van der Waals surface area contributed by atoms with Gasteiger partial charge in [-0.2, -0.15) is 0 Å². The maximum Gasteiger partial charge on any atom is 0.213 e. The van der Waals surface area contributed by atoms with E-state index in [-0.39, 0.29) is 22.9 Å². The van der Waals surface area contributed by atoms with Crippen LogP contribution in [0.25, 0.3) is 0 Å². The molecule has 0 amide bonds. The van der Waals surface area contributed by atoms with Crippen molar-refractivity contribution in [3.05, 3.63) is 44.2 Å². The number of ketones is 2. The average molecular weight is 319 g/mol. The van der Waals surface area contributed by atoms with Gasteiger partial charge < -0.3 is 0 Å². The van der Waals surface area contributed by atoms with Gasteiger partial charge in [0.1, 0.15) is 9.81 Å². The second-order valence-corrected chi connectivity index (χ2v) is 6.85. The monoisotopic (exact) mass is 318 g/mol. The molecule has 0 radical (unpaired) electrons. The number of sulfone groups is 1. The van der Waals surface area contributed by atoms with Gasteiger partial charge in [0.15, 0.2) is 11.6 Å². The van der Waals surface area contributed by atoms with Gasteiger partial charge in [-0.1, -0.05) is 23.2 Å². The molecule has 0 atom stereocenters.